The van der Waals surface area contributed by atoms with Crippen LogP contribution in [-0.2, 0) is 4.74 Å². The van der Waals surface area contributed by atoms with Crippen LogP contribution in [-0.4, -0.2) is 19.3 Å². The second-order valence-corrected chi connectivity index (χ2v) is 7.46. The Bertz CT molecular complexity index is 967. The monoisotopic (exact) mass is 395 g/mol. The van der Waals surface area contributed by atoms with E-state index in [1.54, 1.807) is 30.1 Å². The molecule has 0 aliphatic carbocycles. The highest BCUT2D eigenvalue weighted by atomic mass is 35.5. The average Bonchev–Trinajstić information content (AvgIpc) is 2.69. The summed E-state index contributed by atoms with van der Waals surface area (Å²) >= 11 is 7.59. The number of methoxy groups -OCH3 is 1. The van der Waals surface area contributed by atoms with Crippen molar-refractivity contribution in [1.29, 1.82) is 0 Å². The van der Waals surface area contributed by atoms with Crippen LogP contribution in [0.2, 0.25) is 5.02 Å². The van der Waals surface area contributed by atoms with Gasteiger partial charge in [0.2, 0.25) is 0 Å². The molecule has 27 heavy (non-hydrogen) atoms. The highest BCUT2D eigenvalue weighted by Crippen LogP contribution is 2.28. The van der Waals surface area contributed by atoms with Crippen LogP contribution in [0.3, 0.4) is 0 Å². The summed E-state index contributed by atoms with van der Waals surface area (Å²) in [5.74, 6) is -0.366. The van der Waals surface area contributed by atoms with Gasteiger partial charge >= 0.3 is 5.97 Å². The number of benzene rings is 3. The zero-order chi connectivity index (χ0) is 19.2. The predicted octanol–water partition coefficient (Wildman–Crippen LogP) is 6.34. The van der Waals surface area contributed by atoms with Crippen LogP contribution in [0.4, 0.5) is 5.69 Å². The molecule has 0 saturated carbocycles. The molecule has 0 N–H and O–H groups in total. The maximum Gasteiger partial charge on any atom is 0.337 e. The lowest BCUT2D eigenvalue weighted by Gasteiger charge is -2.04. The lowest BCUT2D eigenvalue weighted by atomic mass is 10.1. The smallest absolute Gasteiger partial charge is 0.337 e. The molecule has 3 aromatic carbocycles. The fraction of sp³-hybridized carbons (Fsp3) is 0.0909. The van der Waals surface area contributed by atoms with E-state index in [0.29, 0.717) is 5.56 Å². The predicted molar refractivity (Wildman–Crippen MR) is 112 cm³/mol. The molecular weight excluding hydrogens is 378 g/mol. The Morgan fingerprint density at radius 1 is 1.00 bits per heavy atom. The second kappa shape index (κ2) is 8.89. The summed E-state index contributed by atoms with van der Waals surface area (Å²) in [6.07, 6.45) is 1.79. The lowest BCUT2D eigenvalue weighted by molar-refractivity contribution is 0.0601. The molecule has 0 aromatic heterocycles. The van der Waals surface area contributed by atoms with Gasteiger partial charge < -0.3 is 4.74 Å². The van der Waals surface area contributed by atoms with Crippen molar-refractivity contribution in [1.82, 2.24) is 0 Å². The second-order valence-electron chi connectivity index (χ2n) is 5.88. The third-order valence-corrected chi connectivity index (χ3v) is 5.18. The van der Waals surface area contributed by atoms with E-state index in [2.05, 4.69) is 17.1 Å². The number of rotatable bonds is 5. The molecule has 3 nitrogen and oxygen atoms in total. The van der Waals surface area contributed by atoms with Gasteiger partial charge in [-0.05, 0) is 66.6 Å². The van der Waals surface area contributed by atoms with Gasteiger partial charge in [-0.15, -0.1) is 0 Å². The quantitative estimate of drug-likeness (QED) is 0.374. The standard InChI is InChI=1S/C22H18ClNO2S/c1-15-3-6-17(22(25)26-2)13-21(15)24-14-16-4-9-19(10-5-16)27-20-11-7-18(23)8-12-20/h3-14H,1-2H3. The van der Waals surface area contributed by atoms with Crippen LogP contribution in [0.1, 0.15) is 21.5 Å². The van der Waals surface area contributed by atoms with Gasteiger partial charge in [0.25, 0.3) is 0 Å². The summed E-state index contributed by atoms with van der Waals surface area (Å²) in [7, 11) is 1.37. The molecule has 0 radical (unpaired) electrons. The van der Waals surface area contributed by atoms with E-state index in [9.17, 15) is 4.79 Å². The molecular formula is C22H18ClNO2S. The first-order chi connectivity index (χ1) is 13.0. The molecule has 0 amide bonds. The SMILES string of the molecule is COC(=O)c1ccc(C)c(N=Cc2ccc(Sc3ccc(Cl)cc3)cc2)c1. The molecule has 0 unspecified atom stereocenters. The first kappa shape index (κ1) is 19.2. The molecule has 5 heteroatoms. The first-order valence-electron chi connectivity index (χ1n) is 8.31. The molecule has 0 saturated heterocycles. The van der Waals surface area contributed by atoms with Gasteiger partial charge in [-0.3, -0.25) is 4.99 Å². The fourth-order valence-corrected chi connectivity index (χ4v) is 3.34. The topological polar surface area (TPSA) is 38.7 Å². The van der Waals surface area contributed by atoms with Crippen molar-refractivity contribution in [2.24, 2.45) is 4.99 Å². The summed E-state index contributed by atoms with van der Waals surface area (Å²) in [6.45, 7) is 1.96. The third kappa shape index (κ3) is 5.22. The van der Waals surface area contributed by atoms with Crippen LogP contribution in [0.15, 0.2) is 81.5 Å². The van der Waals surface area contributed by atoms with Crippen molar-refractivity contribution in [2.75, 3.05) is 7.11 Å². The Morgan fingerprint density at radius 3 is 2.26 bits per heavy atom. The van der Waals surface area contributed by atoms with E-state index in [1.807, 2.05) is 49.4 Å². The van der Waals surface area contributed by atoms with Crippen LogP contribution < -0.4 is 0 Å². The highest BCUT2D eigenvalue weighted by molar-refractivity contribution is 7.99. The molecule has 136 valence electrons. The van der Waals surface area contributed by atoms with Gasteiger partial charge in [-0.25, -0.2) is 4.79 Å². The number of hydrogen-bond acceptors (Lipinski definition) is 4. The Morgan fingerprint density at radius 2 is 1.63 bits per heavy atom. The molecule has 3 aromatic rings. The first-order valence-corrected chi connectivity index (χ1v) is 9.51. The van der Waals surface area contributed by atoms with Gasteiger partial charge in [-0.2, -0.15) is 0 Å². The zero-order valence-corrected chi connectivity index (χ0v) is 16.6. The van der Waals surface area contributed by atoms with Crippen molar-refractivity contribution in [2.45, 2.75) is 16.7 Å². The number of esters is 1. The van der Waals surface area contributed by atoms with E-state index in [-0.39, 0.29) is 5.97 Å². The van der Waals surface area contributed by atoms with E-state index >= 15 is 0 Å². The van der Waals surface area contributed by atoms with Crippen molar-refractivity contribution >= 4 is 41.2 Å². The van der Waals surface area contributed by atoms with Gasteiger partial charge in [0, 0.05) is 21.0 Å². The number of carbonyl (C=O) groups excluding carboxylic acids is 1. The molecule has 0 aliphatic rings. The molecule has 3 rings (SSSR count). The maximum absolute atomic E-state index is 11.7. The molecule has 0 fully saturated rings. The zero-order valence-electron chi connectivity index (χ0n) is 15.0. The number of halogens is 1. The summed E-state index contributed by atoms with van der Waals surface area (Å²) in [5, 5.41) is 0.734. The molecule has 0 spiro atoms. The summed E-state index contributed by atoms with van der Waals surface area (Å²) in [4.78, 5) is 18.5. The Labute approximate surface area is 168 Å². The Balaban J connectivity index is 1.72. The molecule has 0 bridgehead atoms. The van der Waals surface area contributed by atoms with Gasteiger partial charge in [0.15, 0.2) is 0 Å². The van der Waals surface area contributed by atoms with Crippen molar-refractivity contribution in [3.63, 3.8) is 0 Å². The van der Waals surface area contributed by atoms with Gasteiger partial charge in [0.05, 0.1) is 18.4 Å². The number of nitrogens with zero attached hydrogens (tertiary/aromatic N) is 1. The van der Waals surface area contributed by atoms with Crippen LogP contribution in [0, 0.1) is 6.92 Å². The van der Waals surface area contributed by atoms with E-state index in [1.165, 1.54) is 7.11 Å². The maximum atomic E-state index is 11.7. The van der Waals surface area contributed by atoms with Gasteiger partial charge in [0.1, 0.15) is 0 Å². The van der Waals surface area contributed by atoms with Gasteiger partial charge in [-0.1, -0.05) is 41.6 Å². The number of hydrogen-bond donors (Lipinski definition) is 0. The molecule has 0 atom stereocenters. The van der Waals surface area contributed by atoms with Crippen molar-refractivity contribution < 1.29 is 9.53 Å². The van der Waals surface area contributed by atoms with Crippen molar-refractivity contribution in [3.8, 4) is 0 Å². The van der Waals surface area contributed by atoms with Crippen LogP contribution >= 0.6 is 23.4 Å². The highest BCUT2D eigenvalue weighted by Gasteiger charge is 2.07. The average molecular weight is 396 g/mol. The number of aryl methyl sites for hydroxylation is 1. The summed E-state index contributed by atoms with van der Waals surface area (Å²) < 4.78 is 4.76. The molecule has 0 aliphatic heterocycles. The van der Waals surface area contributed by atoms with Crippen LogP contribution in [0.25, 0.3) is 0 Å². The summed E-state index contributed by atoms with van der Waals surface area (Å²) in [6, 6.07) is 21.2. The van der Waals surface area contributed by atoms with E-state index < -0.39 is 0 Å². The normalized spacial score (nSPS) is 10.9. The van der Waals surface area contributed by atoms with Crippen LogP contribution in [0.5, 0.6) is 0 Å². The lowest BCUT2D eigenvalue weighted by Crippen LogP contribution is -2.00. The summed E-state index contributed by atoms with van der Waals surface area (Å²) in [5.41, 5.74) is 3.22. The fourth-order valence-electron chi connectivity index (χ4n) is 2.40. The van der Waals surface area contributed by atoms with E-state index in [0.717, 1.165) is 31.6 Å². The number of aliphatic imine (C=N–C) groups is 1. The minimum absolute atomic E-state index is 0.366. The number of carbonyl (C=O) groups is 1. The minimum atomic E-state index is -0.366. The van der Waals surface area contributed by atoms with Crippen molar-refractivity contribution in [3.05, 3.63) is 88.4 Å². The third-order valence-electron chi connectivity index (χ3n) is 3.91. The Hall–Kier alpha value is -2.56. The number of ether oxygens (including phenoxy) is 1. The molecule has 0 heterocycles. The Kier molecular flexibility index (Phi) is 6.32. The van der Waals surface area contributed by atoms with E-state index in [4.69, 9.17) is 16.3 Å². The minimum Gasteiger partial charge on any atom is -0.465 e. The largest absolute Gasteiger partial charge is 0.465 e.